The van der Waals surface area contributed by atoms with Gasteiger partial charge in [0.1, 0.15) is 0 Å². The molecule has 22 heavy (non-hydrogen) atoms. The van der Waals surface area contributed by atoms with Crippen LogP contribution in [-0.4, -0.2) is 44.6 Å². The summed E-state index contributed by atoms with van der Waals surface area (Å²) in [5.74, 6) is 0.697. The van der Waals surface area contributed by atoms with Crippen LogP contribution in [0.3, 0.4) is 0 Å². The van der Waals surface area contributed by atoms with Crippen LogP contribution in [0, 0.1) is 5.92 Å². The van der Waals surface area contributed by atoms with Crippen LogP contribution in [0.4, 0.5) is 0 Å². The van der Waals surface area contributed by atoms with E-state index >= 15 is 0 Å². The highest BCUT2D eigenvalue weighted by molar-refractivity contribution is 5.83. The van der Waals surface area contributed by atoms with Gasteiger partial charge in [-0.05, 0) is 30.4 Å². The van der Waals surface area contributed by atoms with Crippen LogP contribution in [0.1, 0.15) is 44.2 Å². The van der Waals surface area contributed by atoms with Gasteiger partial charge in [-0.25, -0.2) is 0 Å². The molecule has 1 rings (SSSR count). The van der Waals surface area contributed by atoms with Gasteiger partial charge in [-0.1, -0.05) is 38.1 Å². The van der Waals surface area contributed by atoms with Crippen molar-refractivity contribution in [2.45, 2.75) is 39.5 Å². The maximum Gasteiger partial charge on any atom is 0.227 e. The van der Waals surface area contributed by atoms with Crippen molar-refractivity contribution in [1.82, 2.24) is 5.32 Å². The maximum atomic E-state index is 12.2. The second-order valence-corrected chi connectivity index (χ2v) is 7.72. The van der Waals surface area contributed by atoms with Crippen LogP contribution < -0.4 is 5.32 Å². The van der Waals surface area contributed by atoms with E-state index in [0.717, 1.165) is 36.0 Å². The number of carbonyl (C=O) groups is 1. The maximum absolute atomic E-state index is 12.2. The smallest absolute Gasteiger partial charge is 0.227 e. The van der Waals surface area contributed by atoms with E-state index in [1.54, 1.807) is 0 Å². The van der Waals surface area contributed by atoms with Gasteiger partial charge in [0, 0.05) is 13.0 Å². The summed E-state index contributed by atoms with van der Waals surface area (Å²) in [6.45, 7) is 8.25. The van der Waals surface area contributed by atoms with Crippen LogP contribution >= 0.6 is 0 Å². The summed E-state index contributed by atoms with van der Waals surface area (Å²) >= 11 is 0. The zero-order valence-corrected chi connectivity index (χ0v) is 15.1. The molecule has 0 saturated carbocycles. The number of rotatable bonds is 8. The molecule has 3 nitrogen and oxygen atoms in total. The number of carbonyl (C=O) groups excluding carboxylic acids is 1. The molecule has 1 aromatic rings. The minimum Gasteiger partial charge on any atom is -0.355 e. The fourth-order valence-electron chi connectivity index (χ4n) is 2.48. The fraction of sp³-hybridized carbons (Fsp3) is 0.632. The average molecular weight is 305 g/mol. The van der Waals surface area contributed by atoms with Gasteiger partial charge in [-0.2, -0.15) is 0 Å². The van der Waals surface area contributed by atoms with Gasteiger partial charge >= 0.3 is 0 Å². The topological polar surface area (TPSA) is 29.1 Å². The highest BCUT2D eigenvalue weighted by atomic mass is 16.1. The summed E-state index contributed by atoms with van der Waals surface area (Å²) in [4.78, 5) is 12.2. The van der Waals surface area contributed by atoms with E-state index in [0.29, 0.717) is 5.92 Å². The van der Waals surface area contributed by atoms with Gasteiger partial charge < -0.3 is 9.80 Å². The third-order valence-corrected chi connectivity index (χ3v) is 3.82. The summed E-state index contributed by atoms with van der Waals surface area (Å²) in [7, 11) is 6.51. The number of nitrogens with one attached hydrogen (secondary N) is 1. The molecule has 1 N–H and O–H groups in total. The van der Waals surface area contributed by atoms with E-state index in [1.807, 2.05) is 6.92 Å². The molecule has 0 heterocycles. The monoisotopic (exact) mass is 305 g/mol. The van der Waals surface area contributed by atoms with E-state index in [4.69, 9.17) is 0 Å². The SMILES string of the molecule is CC(C)Cc1ccc([C@@H](C)C(=O)NCCC[N+](C)(C)C)cc1. The molecule has 0 fully saturated rings. The van der Waals surface area contributed by atoms with E-state index in [2.05, 4.69) is 64.6 Å². The molecule has 0 unspecified atom stereocenters. The number of hydrogen-bond donors (Lipinski definition) is 1. The second-order valence-electron chi connectivity index (χ2n) is 7.72. The van der Waals surface area contributed by atoms with Crippen molar-refractivity contribution in [3.63, 3.8) is 0 Å². The predicted molar refractivity (Wildman–Crippen MR) is 93.9 cm³/mol. The fourth-order valence-corrected chi connectivity index (χ4v) is 2.48. The average Bonchev–Trinajstić information content (AvgIpc) is 2.41. The van der Waals surface area contributed by atoms with Crippen LogP contribution in [-0.2, 0) is 11.2 Å². The molecule has 0 aliphatic carbocycles. The molecule has 1 aromatic carbocycles. The van der Waals surface area contributed by atoms with Crippen molar-refractivity contribution in [3.8, 4) is 0 Å². The van der Waals surface area contributed by atoms with E-state index in [-0.39, 0.29) is 11.8 Å². The Labute approximate surface area is 136 Å². The molecule has 0 aliphatic rings. The first-order valence-corrected chi connectivity index (χ1v) is 8.36. The Balaban J connectivity index is 2.45. The standard InChI is InChI=1S/C19H32N2O/c1-15(2)14-17-8-10-18(11-9-17)16(3)19(22)20-12-7-13-21(4,5)6/h8-11,15-16H,7,12-14H2,1-6H3/p+1/t16-/m1/s1. The number of nitrogens with zero attached hydrogens (tertiary/aromatic N) is 1. The van der Waals surface area contributed by atoms with Crippen molar-refractivity contribution in [1.29, 1.82) is 0 Å². The van der Waals surface area contributed by atoms with Crippen molar-refractivity contribution in [3.05, 3.63) is 35.4 Å². The van der Waals surface area contributed by atoms with E-state index < -0.39 is 0 Å². The first kappa shape index (κ1) is 18.7. The van der Waals surface area contributed by atoms with Crippen LogP contribution in [0.2, 0.25) is 0 Å². The molecule has 0 bridgehead atoms. The van der Waals surface area contributed by atoms with Gasteiger partial charge in [-0.15, -0.1) is 0 Å². The second kappa shape index (κ2) is 8.33. The Morgan fingerprint density at radius 1 is 1.09 bits per heavy atom. The Morgan fingerprint density at radius 3 is 2.18 bits per heavy atom. The Kier molecular flexibility index (Phi) is 7.08. The molecule has 0 aromatic heterocycles. The lowest BCUT2D eigenvalue weighted by atomic mass is 9.96. The highest BCUT2D eigenvalue weighted by Crippen LogP contribution is 2.17. The van der Waals surface area contributed by atoms with Crippen molar-refractivity contribution < 1.29 is 9.28 Å². The van der Waals surface area contributed by atoms with Crippen LogP contribution in [0.25, 0.3) is 0 Å². The largest absolute Gasteiger partial charge is 0.355 e. The predicted octanol–water partition coefficient (Wildman–Crippen LogP) is 3.20. The van der Waals surface area contributed by atoms with E-state index in [9.17, 15) is 4.79 Å². The summed E-state index contributed by atoms with van der Waals surface area (Å²) in [6.07, 6.45) is 2.10. The number of benzene rings is 1. The van der Waals surface area contributed by atoms with Gasteiger partial charge in [-0.3, -0.25) is 4.79 Å². The normalized spacial score (nSPS) is 13.2. The Hall–Kier alpha value is -1.35. The molecule has 0 saturated heterocycles. The molecule has 1 amide bonds. The molecule has 3 heteroatoms. The quantitative estimate of drug-likeness (QED) is 0.580. The molecule has 0 radical (unpaired) electrons. The van der Waals surface area contributed by atoms with Crippen LogP contribution in [0.15, 0.2) is 24.3 Å². The molecule has 1 atom stereocenters. The van der Waals surface area contributed by atoms with Gasteiger partial charge in [0.05, 0.1) is 33.6 Å². The Bertz CT molecular complexity index is 457. The number of quaternary nitrogens is 1. The lowest BCUT2D eigenvalue weighted by molar-refractivity contribution is -0.870. The third kappa shape index (κ3) is 7.08. The minimum atomic E-state index is -0.0859. The van der Waals surface area contributed by atoms with Gasteiger partial charge in [0.15, 0.2) is 0 Å². The molecule has 124 valence electrons. The zero-order chi connectivity index (χ0) is 16.8. The summed E-state index contributed by atoms with van der Waals surface area (Å²) in [5, 5.41) is 3.05. The highest BCUT2D eigenvalue weighted by Gasteiger charge is 2.15. The number of amides is 1. The van der Waals surface area contributed by atoms with Gasteiger partial charge in [0.2, 0.25) is 5.91 Å². The van der Waals surface area contributed by atoms with Crippen molar-refractivity contribution in [2.75, 3.05) is 34.2 Å². The molecule has 0 spiro atoms. The van der Waals surface area contributed by atoms with Crippen molar-refractivity contribution in [2.24, 2.45) is 5.92 Å². The lowest BCUT2D eigenvalue weighted by Gasteiger charge is -2.23. The molecular weight excluding hydrogens is 272 g/mol. The van der Waals surface area contributed by atoms with E-state index in [1.165, 1.54) is 5.56 Å². The minimum absolute atomic E-state index is 0.0859. The Morgan fingerprint density at radius 2 is 1.68 bits per heavy atom. The molecular formula is C19H33N2O+. The summed E-state index contributed by atoms with van der Waals surface area (Å²) in [5.41, 5.74) is 2.44. The number of hydrogen-bond acceptors (Lipinski definition) is 1. The molecule has 0 aliphatic heterocycles. The summed E-state index contributed by atoms with van der Waals surface area (Å²) < 4.78 is 0.933. The van der Waals surface area contributed by atoms with Crippen LogP contribution in [0.5, 0.6) is 0 Å². The summed E-state index contributed by atoms with van der Waals surface area (Å²) in [6, 6.07) is 8.48. The first-order valence-electron chi connectivity index (χ1n) is 8.36. The lowest BCUT2D eigenvalue weighted by Crippen LogP contribution is -2.38. The van der Waals surface area contributed by atoms with Crippen molar-refractivity contribution >= 4 is 5.91 Å². The zero-order valence-electron chi connectivity index (χ0n) is 15.1. The van der Waals surface area contributed by atoms with Gasteiger partial charge in [0.25, 0.3) is 0 Å². The first-order chi connectivity index (χ1) is 10.2. The third-order valence-electron chi connectivity index (χ3n) is 3.82.